The van der Waals surface area contributed by atoms with Gasteiger partial charge in [-0.25, -0.2) is 0 Å². The maximum atomic E-state index is 12.4. The first kappa shape index (κ1) is 15.0. The lowest BCUT2D eigenvalue weighted by Gasteiger charge is -2.20. The molecule has 0 bridgehead atoms. The van der Waals surface area contributed by atoms with Gasteiger partial charge in [0.15, 0.2) is 0 Å². The maximum Gasteiger partial charge on any atom is 0.253 e. The standard InChI is InChI=1S/C16H24N2O2/c1-2-18(10-11-19)16(20)15-7-5-6-14(12-15)13-17-8-3-4-9-17/h5-7,12,19H,2-4,8-11,13H2,1H3. The van der Waals surface area contributed by atoms with Crippen LogP contribution in [0.2, 0.25) is 0 Å². The number of amides is 1. The number of rotatable bonds is 6. The molecule has 1 aliphatic heterocycles. The van der Waals surface area contributed by atoms with E-state index >= 15 is 0 Å². The van der Waals surface area contributed by atoms with Crippen molar-refractivity contribution >= 4 is 5.91 Å². The minimum atomic E-state index is 0.00446. The summed E-state index contributed by atoms with van der Waals surface area (Å²) in [5, 5.41) is 9.01. The van der Waals surface area contributed by atoms with Gasteiger partial charge < -0.3 is 10.0 Å². The van der Waals surface area contributed by atoms with E-state index in [4.69, 9.17) is 5.11 Å². The molecule has 110 valence electrons. The molecule has 4 heteroatoms. The zero-order valence-electron chi connectivity index (χ0n) is 12.2. The van der Waals surface area contributed by atoms with Crippen LogP contribution in [-0.2, 0) is 6.54 Å². The Hall–Kier alpha value is -1.39. The van der Waals surface area contributed by atoms with Crippen LogP contribution in [0.15, 0.2) is 24.3 Å². The highest BCUT2D eigenvalue weighted by molar-refractivity contribution is 5.94. The summed E-state index contributed by atoms with van der Waals surface area (Å²) >= 11 is 0. The number of hydrogen-bond acceptors (Lipinski definition) is 3. The van der Waals surface area contributed by atoms with Crippen LogP contribution in [0.3, 0.4) is 0 Å². The predicted octanol–water partition coefficient (Wildman–Crippen LogP) is 1.74. The van der Waals surface area contributed by atoms with E-state index in [-0.39, 0.29) is 12.5 Å². The molecule has 1 aromatic carbocycles. The maximum absolute atomic E-state index is 12.4. The summed E-state index contributed by atoms with van der Waals surface area (Å²) in [7, 11) is 0. The van der Waals surface area contributed by atoms with Crippen LogP contribution in [-0.4, -0.2) is 53.6 Å². The summed E-state index contributed by atoms with van der Waals surface area (Å²) < 4.78 is 0. The molecule has 0 unspecified atom stereocenters. The van der Waals surface area contributed by atoms with Crippen LogP contribution in [0.4, 0.5) is 0 Å². The zero-order valence-corrected chi connectivity index (χ0v) is 12.2. The number of aliphatic hydroxyl groups excluding tert-OH is 1. The largest absolute Gasteiger partial charge is 0.395 e. The first-order chi connectivity index (χ1) is 9.74. The van der Waals surface area contributed by atoms with Crippen LogP contribution in [0.1, 0.15) is 35.7 Å². The van der Waals surface area contributed by atoms with Crippen LogP contribution in [0.5, 0.6) is 0 Å². The van der Waals surface area contributed by atoms with Crippen molar-refractivity contribution in [1.82, 2.24) is 9.80 Å². The van der Waals surface area contributed by atoms with Gasteiger partial charge in [-0.15, -0.1) is 0 Å². The molecule has 1 aliphatic rings. The molecule has 0 spiro atoms. The van der Waals surface area contributed by atoms with E-state index in [9.17, 15) is 4.79 Å². The molecule has 1 aromatic rings. The predicted molar refractivity (Wildman–Crippen MR) is 79.6 cm³/mol. The van der Waals surface area contributed by atoms with Gasteiger partial charge >= 0.3 is 0 Å². The molecule has 0 aliphatic carbocycles. The normalized spacial score (nSPS) is 15.5. The van der Waals surface area contributed by atoms with E-state index in [0.717, 1.165) is 25.2 Å². The number of benzene rings is 1. The summed E-state index contributed by atoms with van der Waals surface area (Å²) in [6.07, 6.45) is 2.55. The Labute approximate surface area is 121 Å². The van der Waals surface area contributed by atoms with Crippen LogP contribution in [0.25, 0.3) is 0 Å². The number of hydrogen-bond donors (Lipinski definition) is 1. The third kappa shape index (κ3) is 3.81. The molecule has 1 N–H and O–H groups in total. The molecule has 0 atom stereocenters. The number of likely N-dealkylation sites (N-methyl/N-ethyl adjacent to an activating group) is 1. The van der Waals surface area contributed by atoms with Crippen LogP contribution in [0, 0.1) is 0 Å². The molecule has 1 fully saturated rings. The number of carbonyl (C=O) groups excluding carboxylic acids is 1. The van der Waals surface area contributed by atoms with Gasteiger partial charge in [0.2, 0.25) is 0 Å². The molecule has 0 aromatic heterocycles. The topological polar surface area (TPSA) is 43.8 Å². The van der Waals surface area contributed by atoms with E-state index in [1.807, 2.05) is 25.1 Å². The lowest BCUT2D eigenvalue weighted by molar-refractivity contribution is 0.0732. The number of likely N-dealkylation sites (tertiary alicyclic amines) is 1. The summed E-state index contributed by atoms with van der Waals surface area (Å²) in [4.78, 5) is 16.5. The fourth-order valence-corrected chi connectivity index (χ4v) is 2.71. The summed E-state index contributed by atoms with van der Waals surface area (Å²) in [5.41, 5.74) is 1.91. The Balaban J connectivity index is 2.05. The smallest absolute Gasteiger partial charge is 0.253 e. The Morgan fingerprint density at radius 1 is 1.35 bits per heavy atom. The summed E-state index contributed by atoms with van der Waals surface area (Å²) in [6.45, 7) is 6.19. The van der Waals surface area contributed by atoms with Gasteiger partial charge in [-0.1, -0.05) is 12.1 Å². The monoisotopic (exact) mass is 276 g/mol. The quantitative estimate of drug-likeness (QED) is 0.860. The fraction of sp³-hybridized carbons (Fsp3) is 0.562. The number of aliphatic hydroxyl groups is 1. The molecule has 4 nitrogen and oxygen atoms in total. The van der Waals surface area contributed by atoms with E-state index in [1.165, 1.54) is 18.4 Å². The van der Waals surface area contributed by atoms with Gasteiger partial charge in [0.25, 0.3) is 5.91 Å². The van der Waals surface area contributed by atoms with Gasteiger partial charge in [-0.3, -0.25) is 9.69 Å². The van der Waals surface area contributed by atoms with Crippen molar-refractivity contribution in [2.75, 3.05) is 32.8 Å². The lowest BCUT2D eigenvalue weighted by Crippen LogP contribution is -2.33. The molecular weight excluding hydrogens is 252 g/mol. The summed E-state index contributed by atoms with van der Waals surface area (Å²) in [6, 6.07) is 7.87. The van der Waals surface area contributed by atoms with E-state index in [1.54, 1.807) is 4.90 Å². The highest BCUT2D eigenvalue weighted by Gasteiger charge is 2.15. The van der Waals surface area contributed by atoms with Crippen molar-refractivity contribution in [2.24, 2.45) is 0 Å². The third-order valence-electron chi connectivity index (χ3n) is 3.82. The molecule has 1 saturated heterocycles. The number of carbonyl (C=O) groups is 1. The van der Waals surface area contributed by atoms with E-state index < -0.39 is 0 Å². The highest BCUT2D eigenvalue weighted by atomic mass is 16.3. The second-order valence-electron chi connectivity index (χ2n) is 5.29. The first-order valence-corrected chi connectivity index (χ1v) is 7.46. The van der Waals surface area contributed by atoms with Crippen molar-refractivity contribution in [3.05, 3.63) is 35.4 Å². The van der Waals surface area contributed by atoms with Crippen molar-refractivity contribution in [3.8, 4) is 0 Å². The SMILES string of the molecule is CCN(CCO)C(=O)c1cccc(CN2CCCC2)c1. The molecule has 0 radical (unpaired) electrons. The van der Waals surface area contributed by atoms with Crippen LogP contribution >= 0.6 is 0 Å². The Morgan fingerprint density at radius 3 is 2.75 bits per heavy atom. The van der Waals surface area contributed by atoms with Gasteiger partial charge in [-0.05, 0) is 50.6 Å². The van der Waals surface area contributed by atoms with Crippen molar-refractivity contribution in [2.45, 2.75) is 26.3 Å². The molecule has 2 rings (SSSR count). The average Bonchev–Trinajstić information content (AvgIpc) is 2.97. The van der Waals surface area contributed by atoms with Gasteiger partial charge in [0, 0.05) is 25.2 Å². The van der Waals surface area contributed by atoms with Crippen molar-refractivity contribution in [1.29, 1.82) is 0 Å². The Morgan fingerprint density at radius 2 is 2.10 bits per heavy atom. The fourth-order valence-electron chi connectivity index (χ4n) is 2.71. The van der Waals surface area contributed by atoms with Gasteiger partial charge in [0.1, 0.15) is 0 Å². The minimum absolute atomic E-state index is 0.00446. The third-order valence-corrected chi connectivity index (χ3v) is 3.82. The molecular formula is C16H24N2O2. The molecule has 1 amide bonds. The van der Waals surface area contributed by atoms with Gasteiger partial charge in [-0.2, -0.15) is 0 Å². The van der Waals surface area contributed by atoms with Crippen molar-refractivity contribution < 1.29 is 9.90 Å². The molecule has 20 heavy (non-hydrogen) atoms. The Bertz CT molecular complexity index is 442. The highest BCUT2D eigenvalue weighted by Crippen LogP contribution is 2.14. The second kappa shape index (κ2) is 7.41. The zero-order chi connectivity index (χ0) is 14.4. The van der Waals surface area contributed by atoms with E-state index in [0.29, 0.717) is 13.1 Å². The van der Waals surface area contributed by atoms with Gasteiger partial charge in [0.05, 0.1) is 6.61 Å². The lowest BCUT2D eigenvalue weighted by atomic mass is 10.1. The average molecular weight is 276 g/mol. The van der Waals surface area contributed by atoms with E-state index in [2.05, 4.69) is 11.0 Å². The number of nitrogens with zero attached hydrogens (tertiary/aromatic N) is 2. The first-order valence-electron chi connectivity index (χ1n) is 7.46. The van der Waals surface area contributed by atoms with Crippen LogP contribution < -0.4 is 0 Å². The van der Waals surface area contributed by atoms with Crippen molar-refractivity contribution in [3.63, 3.8) is 0 Å². The second-order valence-corrected chi connectivity index (χ2v) is 5.29. The molecule has 0 saturated carbocycles. The Kier molecular flexibility index (Phi) is 5.56. The molecule has 1 heterocycles. The summed E-state index contributed by atoms with van der Waals surface area (Å²) in [5.74, 6) is 0.00446. The minimum Gasteiger partial charge on any atom is -0.395 e.